The number of hydrogen-bond acceptors (Lipinski definition) is 3. The molecule has 0 saturated carbocycles. The van der Waals surface area contributed by atoms with Gasteiger partial charge in [-0.05, 0) is 35.6 Å². The summed E-state index contributed by atoms with van der Waals surface area (Å²) in [6.07, 6.45) is 0.698. The number of rotatable bonds is 8. The Labute approximate surface area is 188 Å². The van der Waals surface area contributed by atoms with Crippen molar-refractivity contribution < 1.29 is 14.4 Å². The Balaban J connectivity index is 1.53. The molecule has 0 aromatic heterocycles. The van der Waals surface area contributed by atoms with E-state index in [1.807, 2.05) is 67.6 Å². The summed E-state index contributed by atoms with van der Waals surface area (Å²) in [5.41, 5.74) is 2.79. The number of hydrogen-bond donors (Lipinski definition) is 3. The Morgan fingerprint density at radius 3 is 2.09 bits per heavy atom. The maximum absolute atomic E-state index is 12.6. The summed E-state index contributed by atoms with van der Waals surface area (Å²) < 4.78 is 0. The third-order valence-electron chi connectivity index (χ3n) is 5.11. The summed E-state index contributed by atoms with van der Waals surface area (Å²) in [6.45, 7) is 2.77. The van der Waals surface area contributed by atoms with Crippen molar-refractivity contribution in [2.75, 3.05) is 18.4 Å². The number of nitrogens with one attached hydrogen (secondary N) is 3. The number of benzene rings is 3. The highest BCUT2D eigenvalue weighted by molar-refractivity contribution is 6.40. The van der Waals surface area contributed by atoms with Crippen molar-refractivity contribution in [3.8, 4) is 0 Å². The number of para-hydroxylation sites is 1. The van der Waals surface area contributed by atoms with Gasteiger partial charge in [-0.3, -0.25) is 14.4 Å². The molecular weight excluding hydrogens is 402 g/mol. The third kappa shape index (κ3) is 6.54. The number of carbonyl (C=O) groups excluding carboxylic acids is 3. The van der Waals surface area contributed by atoms with Gasteiger partial charge in [0.05, 0.1) is 11.3 Å². The van der Waals surface area contributed by atoms with E-state index in [1.165, 1.54) is 0 Å². The molecular formula is C26H27N3O3. The lowest BCUT2D eigenvalue weighted by Gasteiger charge is -2.14. The summed E-state index contributed by atoms with van der Waals surface area (Å²) in [6, 6.07) is 26.2. The van der Waals surface area contributed by atoms with E-state index in [-0.39, 0.29) is 11.8 Å². The van der Waals surface area contributed by atoms with E-state index >= 15 is 0 Å². The van der Waals surface area contributed by atoms with Crippen LogP contribution in [0.3, 0.4) is 0 Å². The highest BCUT2D eigenvalue weighted by Crippen LogP contribution is 2.16. The normalized spacial score (nSPS) is 11.3. The van der Waals surface area contributed by atoms with Crippen molar-refractivity contribution in [2.24, 2.45) is 0 Å². The molecule has 3 aromatic carbocycles. The Morgan fingerprint density at radius 2 is 1.38 bits per heavy atom. The number of carbonyl (C=O) groups is 3. The van der Waals surface area contributed by atoms with Gasteiger partial charge in [-0.15, -0.1) is 0 Å². The Bertz CT molecular complexity index is 1050. The van der Waals surface area contributed by atoms with Gasteiger partial charge in [-0.1, -0.05) is 79.7 Å². The lowest BCUT2D eigenvalue weighted by atomic mass is 10.0. The first-order valence-electron chi connectivity index (χ1n) is 10.6. The molecule has 3 aromatic rings. The SMILES string of the molecule is C[C@H](CNC(=O)C(=O)Nc1ccccc1C(=O)NCCc1ccccc1)c1ccccc1. The Morgan fingerprint density at radius 1 is 0.750 bits per heavy atom. The molecule has 0 bridgehead atoms. The van der Waals surface area contributed by atoms with Gasteiger partial charge in [0.1, 0.15) is 0 Å². The minimum Gasteiger partial charge on any atom is -0.352 e. The van der Waals surface area contributed by atoms with Crippen molar-refractivity contribution in [3.05, 3.63) is 102 Å². The van der Waals surface area contributed by atoms with E-state index < -0.39 is 11.8 Å². The van der Waals surface area contributed by atoms with Gasteiger partial charge in [0.2, 0.25) is 0 Å². The molecule has 0 saturated heterocycles. The average Bonchev–Trinajstić information content (AvgIpc) is 2.83. The fourth-order valence-corrected chi connectivity index (χ4v) is 3.25. The molecule has 0 spiro atoms. The standard InChI is InChI=1S/C26H27N3O3/c1-19(21-12-6-3-7-13-21)18-28-25(31)26(32)29-23-15-9-8-14-22(23)24(30)27-17-16-20-10-4-2-5-11-20/h2-15,19H,16-18H2,1H3,(H,27,30)(H,28,31)(H,29,32)/t19-/m1/s1. The molecule has 164 valence electrons. The molecule has 3 amide bonds. The molecule has 0 aliphatic heterocycles. The molecule has 0 heterocycles. The molecule has 6 nitrogen and oxygen atoms in total. The molecule has 32 heavy (non-hydrogen) atoms. The van der Waals surface area contributed by atoms with Crippen molar-refractivity contribution in [2.45, 2.75) is 19.3 Å². The monoisotopic (exact) mass is 429 g/mol. The van der Waals surface area contributed by atoms with Crippen LogP contribution in [0.4, 0.5) is 5.69 Å². The van der Waals surface area contributed by atoms with E-state index in [1.54, 1.807) is 24.3 Å². The van der Waals surface area contributed by atoms with Crippen LogP contribution < -0.4 is 16.0 Å². The predicted octanol–water partition coefficient (Wildman–Crippen LogP) is 3.52. The highest BCUT2D eigenvalue weighted by atomic mass is 16.2. The summed E-state index contributed by atoms with van der Waals surface area (Å²) in [7, 11) is 0. The van der Waals surface area contributed by atoms with Gasteiger partial charge in [0, 0.05) is 13.1 Å². The first-order valence-corrected chi connectivity index (χ1v) is 10.6. The molecule has 0 aliphatic rings. The highest BCUT2D eigenvalue weighted by Gasteiger charge is 2.18. The molecule has 3 N–H and O–H groups in total. The smallest absolute Gasteiger partial charge is 0.313 e. The lowest BCUT2D eigenvalue weighted by Crippen LogP contribution is -2.37. The van der Waals surface area contributed by atoms with Gasteiger partial charge in [-0.25, -0.2) is 0 Å². The zero-order chi connectivity index (χ0) is 22.8. The van der Waals surface area contributed by atoms with Crippen LogP contribution in [0.1, 0.15) is 34.3 Å². The zero-order valence-electron chi connectivity index (χ0n) is 18.0. The van der Waals surface area contributed by atoms with Gasteiger partial charge >= 0.3 is 11.8 Å². The number of anilines is 1. The van der Waals surface area contributed by atoms with Crippen LogP contribution in [0.5, 0.6) is 0 Å². The Kier molecular flexibility index (Phi) is 8.15. The van der Waals surface area contributed by atoms with Gasteiger partial charge < -0.3 is 16.0 Å². The lowest BCUT2D eigenvalue weighted by molar-refractivity contribution is -0.136. The third-order valence-corrected chi connectivity index (χ3v) is 5.11. The first-order chi connectivity index (χ1) is 15.5. The van der Waals surface area contributed by atoms with Crippen LogP contribution in [0.2, 0.25) is 0 Å². The number of amides is 3. The second-order valence-electron chi connectivity index (χ2n) is 7.51. The summed E-state index contributed by atoms with van der Waals surface area (Å²) >= 11 is 0. The van der Waals surface area contributed by atoms with Gasteiger partial charge in [0.25, 0.3) is 5.91 Å². The molecule has 6 heteroatoms. The van der Waals surface area contributed by atoms with E-state index in [2.05, 4.69) is 16.0 Å². The second kappa shape index (κ2) is 11.5. The van der Waals surface area contributed by atoms with Crippen molar-refractivity contribution in [1.82, 2.24) is 10.6 Å². The first kappa shape index (κ1) is 22.7. The molecule has 3 rings (SSSR count). The maximum Gasteiger partial charge on any atom is 0.313 e. The molecule has 0 fully saturated rings. The van der Waals surface area contributed by atoms with Crippen molar-refractivity contribution in [3.63, 3.8) is 0 Å². The largest absolute Gasteiger partial charge is 0.352 e. The molecule has 1 atom stereocenters. The van der Waals surface area contributed by atoms with Crippen LogP contribution in [0.25, 0.3) is 0 Å². The quantitative estimate of drug-likeness (QED) is 0.479. The summed E-state index contributed by atoms with van der Waals surface area (Å²) in [5.74, 6) is -1.80. The van der Waals surface area contributed by atoms with Crippen LogP contribution in [0.15, 0.2) is 84.9 Å². The average molecular weight is 430 g/mol. The fraction of sp³-hybridized carbons (Fsp3) is 0.192. The van der Waals surface area contributed by atoms with Crippen molar-refractivity contribution >= 4 is 23.4 Å². The summed E-state index contributed by atoms with van der Waals surface area (Å²) in [4.78, 5) is 37.3. The molecule has 0 radical (unpaired) electrons. The fourth-order valence-electron chi connectivity index (χ4n) is 3.25. The van der Waals surface area contributed by atoms with Crippen LogP contribution >= 0.6 is 0 Å². The van der Waals surface area contributed by atoms with Gasteiger partial charge in [-0.2, -0.15) is 0 Å². The Hall–Kier alpha value is -3.93. The van der Waals surface area contributed by atoms with E-state index in [9.17, 15) is 14.4 Å². The van der Waals surface area contributed by atoms with Crippen LogP contribution in [-0.4, -0.2) is 30.8 Å². The van der Waals surface area contributed by atoms with Crippen LogP contribution in [0, 0.1) is 0 Å². The topological polar surface area (TPSA) is 87.3 Å². The second-order valence-corrected chi connectivity index (χ2v) is 7.51. The molecule has 0 unspecified atom stereocenters. The van der Waals surface area contributed by atoms with E-state index in [0.717, 1.165) is 11.1 Å². The molecule has 0 aliphatic carbocycles. The van der Waals surface area contributed by atoms with E-state index in [4.69, 9.17) is 0 Å². The van der Waals surface area contributed by atoms with E-state index in [0.29, 0.717) is 30.8 Å². The maximum atomic E-state index is 12.6. The predicted molar refractivity (Wildman–Crippen MR) is 125 cm³/mol. The summed E-state index contributed by atoms with van der Waals surface area (Å²) in [5, 5.41) is 8.06. The zero-order valence-corrected chi connectivity index (χ0v) is 18.0. The van der Waals surface area contributed by atoms with Crippen molar-refractivity contribution in [1.29, 1.82) is 0 Å². The minimum absolute atomic E-state index is 0.0654. The minimum atomic E-state index is -0.810. The van der Waals surface area contributed by atoms with Gasteiger partial charge in [0.15, 0.2) is 0 Å². The van der Waals surface area contributed by atoms with Crippen LogP contribution in [-0.2, 0) is 16.0 Å².